The molecule has 3 heteroatoms. The Morgan fingerprint density at radius 1 is 1.19 bits per heavy atom. The van der Waals surface area contributed by atoms with Crippen molar-refractivity contribution in [3.8, 4) is 0 Å². The Labute approximate surface area is 140 Å². The lowest BCUT2D eigenvalue weighted by Crippen LogP contribution is -2.38. The summed E-state index contributed by atoms with van der Waals surface area (Å²) in [6.45, 7) is 7.71. The lowest BCUT2D eigenvalue weighted by molar-refractivity contribution is 0.399. The molecule has 1 nitrogen and oxygen atoms in total. The van der Waals surface area contributed by atoms with Crippen molar-refractivity contribution in [2.45, 2.75) is 45.1 Å². The zero-order valence-electron chi connectivity index (χ0n) is 13.0. The van der Waals surface area contributed by atoms with Crippen molar-refractivity contribution in [3.63, 3.8) is 0 Å². The number of halogens is 1. The van der Waals surface area contributed by atoms with Crippen LogP contribution in [0, 0.1) is 0 Å². The van der Waals surface area contributed by atoms with Gasteiger partial charge in [0.25, 0.3) is 0 Å². The minimum Gasteiger partial charge on any atom is -0.311 e. The van der Waals surface area contributed by atoms with E-state index in [4.69, 9.17) is 0 Å². The topological polar surface area (TPSA) is 12.0 Å². The number of nitrogens with one attached hydrogen (secondary N) is 1. The Kier molecular flexibility index (Phi) is 6.03. The number of hydrogen-bond acceptors (Lipinski definition) is 2. The molecule has 1 N–H and O–H groups in total. The van der Waals surface area contributed by atoms with Crippen LogP contribution in [0.5, 0.6) is 0 Å². The van der Waals surface area contributed by atoms with Crippen LogP contribution in [0.25, 0.3) is 0 Å². The summed E-state index contributed by atoms with van der Waals surface area (Å²) in [4.78, 5) is 1.46. The quantitative estimate of drug-likeness (QED) is 0.700. The van der Waals surface area contributed by atoms with Gasteiger partial charge in [-0.2, -0.15) is 0 Å². The van der Waals surface area contributed by atoms with E-state index >= 15 is 0 Å². The van der Waals surface area contributed by atoms with Crippen LogP contribution in [0.2, 0.25) is 0 Å². The van der Waals surface area contributed by atoms with Gasteiger partial charge >= 0.3 is 0 Å². The molecular weight excluding hydrogens is 342 g/mol. The minimum atomic E-state index is 0.166. The Morgan fingerprint density at radius 2 is 1.90 bits per heavy atom. The second kappa shape index (κ2) is 7.57. The fourth-order valence-corrected chi connectivity index (χ4v) is 3.81. The Balaban J connectivity index is 2.01. The third kappa shape index (κ3) is 5.93. The number of thiophene rings is 1. The van der Waals surface area contributed by atoms with Gasteiger partial charge in [-0.15, -0.1) is 11.3 Å². The highest BCUT2D eigenvalue weighted by Gasteiger charge is 2.16. The van der Waals surface area contributed by atoms with Crippen LogP contribution in [-0.4, -0.2) is 12.1 Å². The van der Waals surface area contributed by atoms with Crippen LogP contribution in [0.4, 0.5) is 0 Å². The van der Waals surface area contributed by atoms with Gasteiger partial charge in [0.1, 0.15) is 0 Å². The maximum absolute atomic E-state index is 3.66. The second-order valence-electron chi connectivity index (χ2n) is 6.51. The first-order valence-electron chi connectivity index (χ1n) is 7.47. The molecule has 1 atom stereocenters. The van der Waals surface area contributed by atoms with E-state index in [1.54, 1.807) is 0 Å². The van der Waals surface area contributed by atoms with Crippen LogP contribution >= 0.6 is 27.3 Å². The summed E-state index contributed by atoms with van der Waals surface area (Å²) >= 11 is 5.38. The molecule has 0 amide bonds. The first-order chi connectivity index (χ1) is 9.94. The fourth-order valence-electron chi connectivity index (χ4n) is 2.34. The van der Waals surface area contributed by atoms with Gasteiger partial charge in [0, 0.05) is 26.8 Å². The second-order valence-corrected chi connectivity index (χ2v) is 8.42. The number of rotatable bonds is 6. The molecule has 0 aliphatic carbocycles. The molecule has 0 saturated heterocycles. The summed E-state index contributed by atoms with van der Waals surface area (Å²) < 4.78 is 1.20. The maximum atomic E-state index is 3.66. The molecule has 0 fully saturated rings. The normalized spacial score (nSPS) is 13.3. The van der Waals surface area contributed by atoms with Gasteiger partial charge in [-0.25, -0.2) is 0 Å². The first-order valence-corrected chi connectivity index (χ1v) is 9.14. The molecule has 0 radical (unpaired) electrons. The van der Waals surface area contributed by atoms with Crippen molar-refractivity contribution >= 4 is 27.3 Å². The predicted octanol–water partition coefficient (Wildman–Crippen LogP) is 5.62. The predicted molar refractivity (Wildman–Crippen MR) is 97.3 cm³/mol. The van der Waals surface area contributed by atoms with Gasteiger partial charge in [0.15, 0.2) is 0 Å². The average Bonchev–Trinajstić information content (AvgIpc) is 2.84. The molecule has 2 aromatic rings. The number of benzene rings is 1. The molecule has 1 heterocycles. The fraction of sp³-hybridized carbons (Fsp3) is 0.444. The number of hydrogen-bond donors (Lipinski definition) is 1. The van der Waals surface area contributed by atoms with Gasteiger partial charge in [-0.3, -0.25) is 0 Å². The van der Waals surface area contributed by atoms with Crippen LogP contribution in [0.3, 0.4) is 0 Å². The minimum absolute atomic E-state index is 0.166. The SMILES string of the molecule is CC(C)(C)NCC(CCc1cc(Br)cs1)c1ccccc1. The van der Waals surface area contributed by atoms with Crippen molar-refractivity contribution in [3.05, 3.63) is 56.7 Å². The third-order valence-electron chi connectivity index (χ3n) is 3.51. The lowest BCUT2D eigenvalue weighted by Gasteiger charge is -2.25. The van der Waals surface area contributed by atoms with E-state index in [0.29, 0.717) is 5.92 Å². The summed E-state index contributed by atoms with van der Waals surface area (Å²) in [6.07, 6.45) is 2.32. The van der Waals surface area contributed by atoms with Gasteiger partial charge in [0.05, 0.1) is 0 Å². The largest absolute Gasteiger partial charge is 0.311 e. The van der Waals surface area contributed by atoms with Gasteiger partial charge < -0.3 is 5.32 Å². The Hall–Kier alpha value is -0.640. The molecule has 2 rings (SSSR count). The van der Waals surface area contributed by atoms with E-state index in [1.807, 2.05) is 11.3 Å². The summed E-state index contributed by atoms with van der Waals surface area (Å²) in [7, 11) is 0. The van der Waals surface area contributed by atoms with Crippen LogP contribution in [0.15, 0.2) is 46.3 Å². The molecule has 114 valence electrons. The molecule has 0 aliphatic heterocycles. The summed E-state index contributed by atoms with van der Waals surface area (Å²) in [5.74, 6) is 0.561. The van der Waals surface area contributed by atoms with E-state index in [9.17, 15) is 0 Å². The molecule has 0 saturated carbocycles. The van der Waals surface area contributed by atoms with Gasteiger partial charge in [-0.05, 0) is 67.1 Å². The van der Waals surface area contributed by atoms with Crippen LogP contribution in [-0.2, 0) is 6.42 Å². The van der Waals surface area contributed by atoms with E-state index in [0.717, 1.165) is 13.0 Å². The summed E-state index contributed by atoms with van der Waals surface area (Å²) in [5.41, 5.74) is 1.60. The molecule has 0 bridgehead atoms. The molecule has 1 aromatic carbocycles. The Morgan fingerprint density at radius 3 is 2.48 bits per heavy atom. The van der Waals surface area contributed by atoms with E-state index in [1.165, 1.54) is 21.3 Å². The van der Waals surface area contributed by atoms with Gasteiger partial charge in [-0.1, -0.05) is 30.3 Å². The standard InChI is InChI=1S/C18H24BrNS/c1-18(2,3)20-12-15(14-7-5-4-6-8-14)9-10-17-11-16(19)13-21-17/h4-8,11,13,15,20H,9-10,12H2,1-3H3. The molecular formula is C18H24BrNS. The average molecular weight is 366 g/mol. The lowest BCUT2D eigenvalue weighted by atomic mass is 9.93. The highest BCUT2D eigenvalue weighted by molar-refractivity contribution is 9.10. The highest BCUT2D eigenvalue weighted by atomic mass is 79.9. The molecule has 1 aromatic heterocycles. The van der Waals surface area contributed by atoms with Crippen LogP contribution in [0.1, 0.15) is 43.6 Å². The van der Waals surface area contributed by atoms with Crippen molar-refractivity contribution in [2.75, 3.05) is 6.54 Å². The van der Waals surface area contributed by atoms with Crippen LogP contribution < -0.4 is 5.32 Å². The monoisotopic (exact) mass is 365 g/mol. The zero-order chi connectivity index (χ0) is 15.3. The number of aryl methyl sites for hydroxylation is 1. The smallest absolute Gasteiger partial charge is 0.0285 e. The van der Waals surface area contributed by atoms with Gasteiger partial charge in [0.2, 0.25) is 0 Å². The van der Waals surface area contributed by atoms with Crippen molar-refractivity contribution in [2.24, 2.45) is 0 Å². The molecule has 0 aliphatic rings. The van der Waals surface area contributed by atoms with Crippen molar-refractivity contribution in [1.29, 1.82) is 0 Å². The molecule has 1 unspecified atom stereocenters. The summed E-state index contributed by atoms with van der Waals surface area (Å²) in [5, 5.41) is 5.82. The first kappa shape index (κ1) is 16.7. The van der Waals surface area contributed by atoms with Crippen molar-refractivity contribution in [1.82, 2.24) is 5.32 Å². The zero-order valence-corrected chi connectivity index (χ0v) is 15.4. The van der Waals surface area contributed by atoms with E-state index < -0.39 is 0 Å². The van der Waals surface area contributed by atoms with Crippen molar-refractivity contribution < 1.29 is 0 Å². The highest BCUT2D eigenvalue weighted by Crippen LogP contribution is 2.26. The third-order valence-corrected chi connectivity index (χ3v) is 5.27. The molecule has 0 spiro atoms. The Bertz CT molecular complexity index is 542. The molecule has 21 heavy (non-hydrogen) atoms. The summed E-state index contributed by atoms with van der Waals surface area (Å²) in [6, 6.07) is 13.1. The van der Waals surface area contributed by atoms with E-state index in [-0.39, 0.29) is 5.54 Å². The van der Waals surface area contributed by atoms with E-state index in [2.05, 4.69) is 83.8 Å². The maximum Gasteiger partial charge on any atom is 0.0285 e.